The predicted molar refractivity (Wildman–Crippen MR) is 62.1 cm³/mol. The van der Waals surface area contributed by atoms with Gasteiger partial charge in [-0.2, -0.15) is 0 Å². The highest BCUT2D eigenvalue weighted by Gasteiger charge is 2.20. The van der Waals surface area contributed by atoms with E-state index >= 15 is 0 Å². The molecular weight excluding hydrogens is 206 g/mol. The Labute approximate surface area is 95.0 Å². The van der Waals surface area contributed by atoms with E-state index in [1.54, 1.807) is 13.0 Å². The maximum atomic E-state index is 11.8. The quantitative estimate of drug-likeness (QED) is 0.762. The number of rotatable bonds is 3. The van der Waals surface area contributed by atoms with Crippen LogP contribution in [0.2, 0.25) is 0 Å². The molecule has 0 radical (unpaired) electrons. The Bertz CT molecular complexity index is 425. The summed E-state index contributed by atoms with van der Waals surface area (Å²) in [5.74, 6) is -0.0872. The lowest BCUT2D eigenvalue weighted by Gasteiger charge is -2.14. The van der Waals surface area contributed by atoms with Crippen molar-refractivity contribution in [2.75, 3.05) is 7.11 Å². The van der Waals surface area contributed by atoms with Crippen LogP contribution in [0.5, 0.6) is 11.5 Å². The van der Waals surface area contributed by atoms with Gasteiger partial charge in [0.05, 0.1) is 18.7 Å². The van der Waals surface area contributed by atoms with E-state index in [4.69, 9.17) is 10.5 Å². The van der Waals surface area contributed by atoms with Gasteiger partial charge in [-0.3, -0.25) is 4.79 Å². The van der Waals surface area contributed by atoms with Gasteiger partial charge in [0.2, 0.25) is 0 Å². The molecule has 1 aromatic rings. The van der Waals surface area contributed by atoms with Crippen molar-refractivity contribution in [1.82, 2.24) is 0 Å². The molecule has 0 bridgehead atoms. The molecule has 0 saturated heterocycles. The zero-order valence-corrected chi connectivity index (χ0v) is 10.00. The van der Waals surface area contributed by atoms with E-state index in [1.165, 1.54) is 7.11 Å². The standard InChI is InChI=1S/C12H17NO3/c1-6-5-9(10(14)8(3)13)11(15)12(16-4)7(6)2/h5,8,15H,13H2,1-4H3. The monoisotopic (exact) mass is 223 g/mol. The van der Waals surface area contributed by atoms with Crippen molar-refractivity contribution in [3.8, 4) is 11.5 Å². The Hall–Kier alpha value is -1.55. The van der Waals surface area contributed by atoms with E-state index in [9.17, 15) is 9.90 Å². The first-order chi connectivity index (χ1) is 7.40. The zero-order valence-electron chi connectivity index (χ0n) is 10.00. The average Bonchev–Trinajstić information content (AvgIpc) is 2.23. The Morgan fingerprint density at radius 3 is 2.50 bits per heavy atom. The molecule has 1 unspecified atom stereocenters. The molecule has 1 aromatic carbocycles. The number of carbonyl (C=O) groups excluding carboxylic acids is 1. The molecule has 0 spiro atoms. The van der Waals surface area contributed by atoms with E-state index in [1.807, 2.05) is 13.8 Å². The fraction of sp³-hybridized carbons (Fsp3) is 0.417. The molecule has 0 saturated carbocycles. The summed E-state index contributed by atoms with van der Waals surface area (Å²) in [6, 6.07) is 0.997. The van der Waals surface area contributed by atoms with Gasteiger partial charge in [-0.1, -0.05) is 0 Å². The molecule has 1 rings (SSSR count). The van der Waals surface area contributed by atoms with Crippen LogP contribution in [-0.2, 0) is 0 Å². The van der Waals surface area contributed by atoms with Crippen LogP contribution in [0.4, 0.5) is 0 Å². The summed E-state index contributed by atoms with van der Waals surface area (Å²) in [7, 11) is 1.46. The van der Waals surface area contributed by atoms with Crippen LogP contribution >= 0.6 is 0 Å². The molecule has 16 heavy (non-hydrogen) atoms. The summed E-state index contributed by atoms with van der Waals surface area (Å²) < 4.78 is 5.08. The van der Waals surface area contributed by atoms with Gasteiger partial charge in [0, 0.05) is 0 Å². The molecule has 0 aliphatic rings. The molecule has 0 aliphatic heterocycles. The van der Waals surface area contributed by atoms with Crippen LogP contribution in [0, 0.1) is 13.8 Å². The average molecular weight is 223 g/mol. The van der Waals surface area contributed by atoms with Gasteiger partial charge in [0.1, 0.15) is 0 Å². The van der Waals surface area contributed by atoms with E-state index < -0.39 is 6.04 Å². The largest absolute Gasteiger partial charge is 0.504 e. The first kappa shape index (κ1) is 12.5. The maximum absolute atomic E-state index is 11.8. The van der Waals surface area contributed by atoms with Crippen LogP contribution < -0.4 is 10.5 Å². The van der Waals surface area contributed by atoms with Gasteiger partial charge in [-0.25, -0.2) is 0 Å². The van der Waals surface area contributed by atoms with Crippen molar-refractivity contribution in [2.45, 2.75) is 26.8 Å². The molecule has 1 atom stereocenters. The number of aryl methyl sites for hydroxylation is 1. The highest BCUT2D eigenvalue weighted by atomic mass is 16.5. The van der Waals surface area contributed by atoms with E-state index in [2.05, 4.69) is 0 Å². The third-order valence-corrected chi connectivity index (χ3v) is 2.65. The van der Waals surface area contributed by atoms with E-state index in [0.29, 0.717) is 5.75 Å². The lowest BCUT2D eigenvalue weighted by molar-refractivity contribution is 0.0964. The van der Waals surface area contributed by atoms with Gasteiger partial charge in [-0.15, -0.1) is 0 Å². The number of Topliss-reactive ketones (excluding diaryl/α,β-unsaturated/α-hetero) is 1. The van der Waals surface area contributed by atoms with Crippen molar-refractivity contribution in [2.24, 2.45) is 5.73 Å². The second kappa shape index (κ2) is 4.53. The predicted octanol–water partition coefficient (Wildman–Crippen LogP) is 1.55. The number of ketones is 1. The van der Waals surface area contributed by atoms with Crippen LogP contribution in [0.15, 0.2) is 6.07 Å². The maximum Gasteiger partial charge on any atom is 0.183 e. The lowest BCUT2D eigenvalue weighted by atomic mass is 9.98. The fourth-order valence-corrected chi connectivity index (χ4v) is 1.55. The normalized spacial score (nSPS) is 12.3. The molecule has 4 heteroatoms. The Kier molecular flexibility index (Phi) is 3.55. The van der Waals surface area contributed by atoms with Gasteiger partial charge >= 0.3 is 0 Å². The Morgan fingerprint density at radius 2 is 2.06 bits per heavy atom. The first-order valence-corrected chi connectivity index (χ1v) is 5.07. The number of carbonyl (C=O) groups is 1. The molecule has 4 nitrogen and oxygen atoms in total. The Balaban J connectivity index is 3.43. The van der Waals surface area contributed by atoms with Gasteiger partial charge in [0.25, 0.3) is 0 Å². The Morgan fingerprint density at radius 1 is 1.50 bits per heavy atom. The molecule has 3 N–H and O–H groups in total. The number of nitrogens with two attached hydrogens (primary N) is 1. The van der Waals surface area contributed by atoms with Crippen molar-refractivity contribution < 1.29 is 14.6 Å². The second-order valence-corrected chi connectivity index (χ2v) is 3.90. The number of phenolic OH excluding ortho intramolecular Hbond substituents is 1. The van der Waals surface area contributed by atoms with Crippen molar-refractivity contribution in [1.29, 1.82) is 0 Å². The number of methoxy groups -OCH3 is 1. The fourth-order valence-electron chi connectivity index (χ4n) is 1.55. The molecule has 0 amide bonds. The summed E-state index contributed by atoms with van der Waals surface area (Å²) in [5.41, 5.74) is 7.44. The van der Waals surface area contributed by atoms with Crippen LogP contribution in [0.1, 0.15) is 28.4 Å². The van der Waals surface area contributed by atoms with E-state index in [0.717, 1.165) is 11.1 Å². The minimum absolute atomic E-state index is 0.132. The minimum atomic E-state index is -0.641. The molecule has 0 heterocycles. The van der Waals surface area contributed by atoms with Gasteiger partial charge in [0.15, 0.2) is 17.3 Å². The highest BCUT2D eigenvalue weighted by Crippen LogP contribution is 2.35. The molecule has 0 fully saturated rings. The van der Waals surface area contributed by atoms with Gasteiger partial charge < -0.3 is 15.6 Å². The van der Waals surface area contributed by atoms with Crippen LogP contribution in [0.25, 0.3) is 0 Å². The summed E-state index contributed by atoms with van der Waals surface area (Å²) in [4.78, 5) is 11.8. The third-order valence-electron chi connectivity index (χ3n) is 2.65. The number of aromatic hydroxyl groups is 1. The van der Waals surface area contributed by atoms with E-state index in [-0.39, 0.29) is 17.1 Å². The van der Waals surface area contributed by atoms with Crippen molar-refractivity contribution in [3.05, 3.63) is 22.8 Å². The minimum Gasteiger partial charge on any atom is -0.504 e. The smallest absolute Gasteiger partial charge is 0.183 e. The summed E-state index contributed by atoms with van der Waals surface area (Å²) in [5, 5.41) is 9.91. The summed E-state index contributed by atoms with van der Waals surface area (Å²) in [6.07, 6.45) is 0. The molecule has 0 aromatic heterocycles. The van der Waals surface area contributed by atoms with Crippen molar-refractivity contribution >= 4 is 5.78 Å². The second-order valence-electron chi connectivity index (χ2n) is 3.90. The first-order valence-electron chi connectivity index (χ1n) is 5.07. The lowest BCUT2D eigenvalue weighted by Crippen LogP contribution is -2.26. The van der Waals surface area contributed by atoms with Gasteiger partial charge in [-0.05, 0) is 38.0 Å². The summed E-state index contributed by atoms with van der Waals surface area (Å²) >= 11 is 0. The number of phenols is 1. The SMILES string of the molecule is COc1c(C)c(C)cc(C(=O)C(C)N)c1O. The van der Waals surface area contributed by atoms with Crippen molar-refractivity contribution in [3.63, 3.8) is 0 Å². The van der Waals surface area contributed by atoms with Crippen LogP contribution in [-0.4, -0.2) is 24.0 Å². The molecule has 88 valence electrons. The molecule has 0 aliphatic carbocycles. The number of hydrogen-bond donors (Lipinski definition) is 2. The number of ether oxygens (including phenoxy) is 1. The third kappa shape index (κ3) is 2.02. The number of hydrogen-bond acceptors (Lipinski definition) is 4. The highest BCUT2D eigenvalue weighted by molar-refractivity contribution is 6.03. The zero-order chi connectivity index (χ0) is 12.5. The van der Waals surface area contributed by atoms with Crippen LogP contribution in [0.3, 0.4) is 0 Å². The summed E-state index contributed by atoms with van der Waals surface area (Å²) in [6.45, 7) is 5.27. The number of benzene rings is 1. The topological polar surface area (TPSA) is 72.5 Å². The molecular formula is C12H17NO3.